The Labute approximate surface area is 73.8 Å². The minimum atomic E-state index is 0.671. The summed E-state index contributed by atoms with van der Waals surface area (Å²) in [7, 11) is 0. The first-order valence-corrected chi connectivity index (χ1v) is 4.47. The molecule has 0 aliphatic carbocycles. The molecule has 0 aliphatic heterocycles. The molecule has 1 heterocycles. The van der Waals surface area contributed by atoms with Crippen LogP contribution < -0.4 is 4.74 Å². The average molecular weight is 249 g/mol. The van der Waals surface area contributed by atoms with Crippen LogP contribution in [0.25, 0.3) is 0 Å². The Bertz CT molecular complexity index is 215. The van der Waals surface area contributed by atoms with Crippen LogP contribution in [-0.2, 0) is 0 Å². The van der Waals surface area contributed by atoms with E-state index in [0.29, 0.717) is 4.61 Å². The van der Waals surface area contributed by atoms with Crippen molar-refractivity contribution < 1.29 is 4.74 Å². The summed E-state index contributed by atoms with van der Waals surface area (Å²) < 4.78 is 5.93. The molecule has 1 aromatic heterocycles. The van der Waals surface area contributed by atoms with Gasteiger partial charge in [-0.1, -0.05) is 0 Å². The Hall–Kier alpha value is -0.320. The van der Waals surface area contributed by atoms with Crippen molar-refractivity contribution in [1.82, 2.24) is 4.98 Å². The van der Waals surface area contributed by atoms with Crippen LogP contribution in [0.2, 0.25) is 0 Å². The number of ether oxygens (including phenoxy) is 1. The highest BCUT2D eigenvalue weighted by Crippen LogP contribution is 2.13. The van der Waals surface area contributed by atoms with Crippen LogP contribution in [0, 0.1) is 6.92 Å². The second-order valence-corrected chi connectivity index (χ2v) is 2.46. The van der Waals surface area contributed by atoms with E-state index in [4.69, 9.17) is 4.74 Å². The first kappa shape index (κ1) is 7.78. The van der Waals surface area contributed by atoms with E-state index in [0.717, 1.165) is 11.4 Å². The summed E-state index contributed by atoms with van der Waals surface area (Å²) >= 11 is 2.16. The molecule has 0 saturated heterocycles. The van der Waals surface area contributed by atoms with Gasteiger partial charge in [0.1, 0.15) is 10.4 Å². The summed E-state index contributed by atoms with van der Waals surface area (Å²) in [6.45, 7) is 1.93. The minimum Gasteiger partial charge on any atom is -0.481 e. The summed E-state index contributed by atoms with van der Waals surface area (Å²) in [6, 6.07) is 3.79. The molecule has 0 bridgehead atoms. The first-order valence-electron chi connectivity index (χ1n) is 2.95. The number of nitrogens with zero attached hydrogens (tertiary/aromatic N) is 1. The molecule has 0 saturated carbocycles. The SMILES string of the molecule is Cc1ncccc1OCI. The van der Waals surface area contributed by atoms with E-state index < -0.39 is 0 Å². The third-order valence-electron chi connectivity index (χ3n) is 1.17. The van der Waals surface area contributed by atoms with Gasteiger partial charge in [0.25, 0.3) is 0 Å². The van der Waals surface area contributed by atoms with Gasteiger partial charge in [0.15, 0.2) is 0 Å². The lowest BCUT2D eigenvalue weighted by molar-refractivity contribution is 0.399. The molecular formula is C7H8INO. The van der Waals surface area contributed by atoms with Gasteiger partial charge in [-0.05, 0) is 41.6 Å². The summed E-state index contributed by atoms with van der Waals surface area (Å²) in [4.78, 5) is 4.07. The summed E-state index contributed by atoms with van der Waals surface area (Å²) in [5, 5.41) is 0. The molecule has 1 rings (SSSR count). The van der Waals surface area contributed by atoms with Gasteiger partial charge in [0.2, 0.25) is 0 Å². The summed E-state index contributed by atoms with van der Waals surface area (Å²) in [5.74, 6) is 0.872. The highest BCUT2D eigenvalue weighted by atomic mass is 127. The third kappa shape index (κ3) is 1.83. The standard InChI is InChI=1S/C7H8INO/c1-6-7(10-5-8)3-2-4-9-6/h2-4H,5H2,1H3. The lowest BCUT2D eigenvalue weighted by Gasteiger charge is -2.02. The van der Waals surface area contributed by atoms with Crippen LogP contribution in [0.5, 0.6) is 5.75 Å². The van der Waals surface area contributed by atoms with Crippen molar-refractivity contribution in [2.75, 3.05) is 4.61 Å². The van der Waals surface area contributed by atoms with Gasteiger partial charge >= 0.3 is 0 Å². The molecule has 0 radical (unpaired) electrons. The zero-order valence-corrected chi connectivity index (χ0v) is 7.83. The Morgan fingerprint density at radius 2 is 2.50 bits per heavy atom. The van der Waals surface area contributed by atoms with Crippen molar-refractivity contribution in [3.8, 4) is 5.75 Å². The molecule has 54 valence electrons. The fourth-order valence-corrected chi connectivity index (χ4v) is 1.02. The molecular weight excluding hydrogens is 241 g/mol. The summed E-state index contributed by atoms with van der Waals surface area (Å²) in [6.07, 6.45) is 1.76. The molecule has 0 fully saturated rings. The van der Waals surface area contributed by atoms with E-state index in [1.807, 2.05) is 19.1 Å². The number of hydrogen-bond acceptors (Lipinski definition) is 2. The van der Waals surface area contributed by atoms with Crippen molar-refractivity contribution >= 4 is 22.6 Å². The van der Waals surface area contributed by atoms with E-state index in [1.54, 1.807) is 6.20 Å². The predicted molar refractivity (Wildman–Crippen MR) is 48.5 cm³/mol. The van der Waals surface area contributed by atoms with Crippen LogP contribution in [0.4, 0.5) is 0 Å². The van der Waals surface area contributed by atoms with Crippen molar-refractivity contribution in [1.29, 1.82) is 0 Å². The number of halogens is 1. The number of rotatable bonds is 2. The Morgan fingerprint density at radius 3 is 3.10 bits per heavy atom. The maximum absolute atomic E-state index is 5.26. The monoisotopic (exact) mass is 249 g/mol. The second-order valence-electron chi connectivity index (χ2n) is 1.84. The van der Waals surface area contributed by atoms with E-state index in [2.05, 4.69) is 27.6 Å². The number of pyridine rings is 1. The predicted octanol–water partition coefficient (Wildman–Crippen LogP) is 2.16. The molecule has 3 heteroatoms. The molecule has 0 amide bonds. The van der Waals surface area contributed by atoms with Crippen LogP contribution in [0.1, 0.15) is 5.69 Å². The van der Waals surface area contributed by atoms with Gasteiger partial charge in [-0.3, -0.25) is 4.98 Å². The quantitative estimate of drug-likeness (QED) is 0.591. The normalized spacial score (nSPS) is 9.40. The maximum atomic E-state index is 5.26. The van der Waals surface area contributed by atoms with Crippen LogP contribution in [0.15, 0.2) is 18.3 Å². The van der Waals surface area contributed by atoms with E-state index in [1.165, 1.54) is 0 Å². The van der Waals surface area contributed by atoms with Crippen LogP contribution in [-0.4, -0.2) is 9.60 Å². The van der Waals surface area contributed by atoms with Gasteiger partial charge in [-0.15, -0.1) is 0 Å². The van der Waals surface area contributed by atoms with E-state index in [9.17, 15) is 0 Å². The van der Waals surface area contributed by atoms with Gasteiger partial charge in [0, 0.05) is 6.20 Å². The van der Waals surface area contributed by atoms with Crippen molar-refractivity contribution in [3.63, 3.8) is 0 Å². The van der Waals surface area contributed by atoms with Crippen LogP contribution >= 0.6 is 22.6 Å². The number of hydrogen-bond donors (Lipinski definition) is 0. The lowest BCUT2D eigenvalue weighted by atomic mass is 10.3. The summed E-state index contributed by atoms with van der Waals surface area (Å²) in [5.41, 5.74) is 0.944. The van der Waals surface area contributed by atoms with Crippen LogP contribution in [0.3, 0.4) is 0 Å². The van der Waals surface area contributed by atoms with Crippen molar-refractivity contribution in [2.45, 2.75) is 6.92 Å². The Balaban J connectivity index is 2.81. The molecule has 0 aliphatic rings. The molecule has 0 aromatic carbocycles. The van der Waals surface area contributed by atoms with Gasteiger partial charge in [0.05, 0.1) is 5.69 Å². The van der Waals surface area contributed by atoms with Crippen molar-refractivity contribution in [2.24, 2.45) is 0 Å². The molecule has 0 atom stereocenters. The zero-order valence-electron chi connectivity index (χ0n) is 5.67. The minimum absolute atomic E-state index is 0.671. The van der Waals surface area contributed by atoms with Crippen molar-refractivity contribution in [3.05, 3.63) is 24.0 Å². The highest BCUT2D eigenvalue weighted by molar-refractivity contribution is 14.1. The molecule has 2 nitrogen and oxygen atoms in total. The molecule has 1 aromatic rings. The largest absolute Gasteiger partial charge is 0.481 e. The zero-order chi connectivity index (χ0) is 7.40. The Morgan fingerprint density at radius 1 is 1.70 bits per heavy atom. The first-order chi connectivity index (χ1) is 4.84. The molecule has 0 unspecified atom stereocenters. The van der Waals surface area contributed by atoms with Gasteiger partial charge < -0.3 is 4.74 Å². The molecule has 0 spiro atoms. The average Bonchev–Trinajstić information content (AvgIpc) is 1.94. The van der Waals surface area contributed by atoms with Gasteiger partial charge in [-0.2, -0.15) is 0 Å². The second kappa shape index (κ2) is 3.75. The maximum Gasteiger partial charge on any atom is 0.141 e. The number of alkyl halides is 1. The number of aryl methyl sites for hydroxylation is 1. The third-order valence-corrected chi connectivity index (χ3v) is 1.48. The molecule has 0 N–H and O–H groups in total. The van der Waals surface area contributed by atoms with E-state index in [-0.39, 0.29) is 0 Å². The lowest BCUT2D eigenvalue weighted by Crippen LogP contribution is -1.92. The number of aromatic nitrogens is 1. The fraction of sp³-hybridized carbons (Fsp3) is 0.286. The van der Waals surface area contributed by atoms with E-state index >= 15 is 0 Å². The smallest absolute Gasteiger partial charge is 0.141 e. The fourth-order valence-electron chi connectivity index (χ4n) is 0.681. The highest BCUT2D eigenvalue weighted by Gasteiger charge is 1.95. The molecule has 10 heavy (non-hydrogen) atoms. The topological polar surface area (TPSA) is 22.1 Å². The van der Waals surface area contributed by atoms with Gasteiger partial charge in [-0.25, -0.2) is 0 Å². The Kier molecular flexibility index (Phi) is 2.92.